The summed E-state index contributed by atoms with van der Waals surface area (Å²) in [4.78, 5) is 11.7. The molecule has 1 unspecified atom stereocenters. The first kappa shape index (κ1) is 13.2. The average Bonchev–Trinajstić information content (AvgIpc) is 3.09. The Morgan fingerprint density at radius 1 is 1.35 bits per heavy atom. The Hall–Kier alpha value is -1.75. The van der Waals surface area contributed by atoms with Crippen LogP contribution in [0.1, 0.15) is 25.7 Å². The largest absolute Gasteiger partial charge is 0.491 e. The Labute approximate surface area is 118 Å². The molecule has 1 saturated heterocycles. The van der Waals surface area contributed by atoms with Crippen LogP contribution in [0.5, 0.6) is 5.75 Å². The first-order chi connectivity index (χ1) is 9.79. The van der Waals surface area contributed by atoms with Crippen molar-refractivity contribution in [3.05, 3.63) is 24.3 Å². The predicted molar refractivity (Wildman–Crippen MR) is 76.1 cm³/mol. The van der Waals surface area contributed by atoms with Gasteiger partial charge < -0.3 is 20.1 Å². The number of rotatable bonds is 5. The SMILES string of the molecule is O=C(Nc1cccc(OCC2CCCO2)c1)NC1CC1. The zero-order chi connectivity index (χ0) is 13.8. The first-order valence-corrected chi connectivity index (χ1v) is 7.21. The molecule has 1 atom stereocenters. The maximum absolute atomic E-state index is 11.7. The van der Waals surface area contributed by atoms with Crippen molar-refractivity contribution >= 4 is 11.7 Å². The lowest BCUT2D eigenvalue weighted by molar-refractivity contribution is 0.0680. The van der Waals surface area contributed by atoms with E-state index in [1.54, 1.807) is 0 Å². The summed E-state index contributed by atoms with van der Waals surface area (Å²) in [6.07, 6.45) is 4.53. The highest BCUT2D eigenvalue weighted by molar-refractivity contribution is 5.89. The van der Waals surface area contributed by atoms with Crippen LogP contribution in [-0.4, -0.2) is 31.4 Å². The summed E-state index contributed by atoms with van der Waals surface area (Å²) in [5.41, 5.74) is 0.744. The molecule has 3 rings (SSSR count). The van der Waals surface area contributed by atoms with Gasteiger partial charge in [0.15, 0.2) is 0 Å². The zero-order valence-corrected chi connectivity index (χ0v) is 11.4. The van der Waals surface area contributed by atoms with Crippen LogP contribution in [0.2, 0.25) is 0 Å². The van der Waals surface area contributed by atoms with Crippen LogP contribution in [0.4, 0.5) is 10.5 Å². The number of carbonyl (C=O) groups excluding carboxylic acids is 1. The van der Waals surface area contributed by atoms with Gasteiger partial charge in [0.1, 0.15) is 12.4 Å². The van der Waals surface area contributed by atoms with Crippen molar-refractivity contribution in [2.75, 3.05) is 18.5 Å². The normalized spacial score (nSPS) is 21.5. The molecule has 1 aromatic rings. The smallest absolute Gasteiger partial charge is 0.319 e. The lowest BCUT2D eigenvalue weighted by Gasteiger charge is -2.12. The molecule has 2 aliphatic rings. The molecule has 2 N–H and O–H groups in total. The summed E-state index contributed by atoms with van der Waals surface area (Å²) in [7, 11) is 0. The summed E-state index contributed by atoms with van der Waals surface area (Å²) < 4.78 is 11.2. The van der Waals surface area contributed by atoms with Crippen molar-refractivity contribution < 1.29 is 14.3 Å². The van der Waals surface area contributed by atoms with Crippen molar-refractivity contribution in [1.82, 2.24) is 5.32 Å². The van der Waals surface area contributed by atoms with Crippen LogP contribution < -0.4 is 15.4 Å². The molecule has 1 aromatic carbocycles. The Kier molecular flexibility index (Phi) is 4.06. The molecule has 0 spiro atoms. The Balaban J connectivity index is 1.50. The van der Waals surface area contributed by atoms with E-state index in [1.165, 1.54) is 0 Å². The number of ether oxygens (including phenoxy) is 2. The Bertz CT molecular complexity index is 468. The molecule has 1 saturated carbocycles. The third-order valence-corrected chi connectivity index (χ3v) is 3.46. The van der Waals surface area contributed by atoms with E-state index < -0.39 is 0 Å². The summed E-state index contributed by atoms with van der Waals surface area (Å²) in [6.45, 7) is 1.40. The quantitative estimate of drug-likeness (QED) is 0.868. The van der Waals surface area contributed by atoms with E-state index in [4.69, 9.17) is 9.47 Å². The van der Waals surface area contributed by atoms with Gasteiger partial charge in [-0.25, -0.2) is 4.79 Å². The van der Waals surface area contributed by atoms with Crippen LogP contribution in [0.15, 0.2) is 24.3 Å². The number of anilines is 1. The maximum atomic E-state index is 11.7. The molecule has 0 bridgehead atoms. The minimum Gasteiger partial charge on any atom is -0.491 e. The number of carbonyl (C=O) groups is 1. The van der Waals surface area contributed by atoms with Gasteiger partial charge in [-0.2, -0.15) is 0 Å². The second-order valence-electron chi connectivity index (χ2n) is 5.35. The minimum absolute atomic E-state index is 0.149. The minimum atomic E-state index is -0.149. The molecule has 5 nitrogen and oxygen atoms in total. The molecular formula is C15H20N2O3. The second kappa shape index (κ2) is 6.13. The molecule has 1 heterocycles. The van der Waals surface area contributed by atoms with Gasteiger partial charge in [-0.1, -0.05) is 6.07 Å². The van der Waals surface area contributed by atoms with Crippen molar-refractivity contribution in [1.29, 1.82) is 0 Å². The Morgan fingerprint density at radius 3 is 3.00 bits per heavy atom. The summed E-state index contributed by atoms with van der Waals surface area (Å²) in [5, 5.41) is 5.71. The van der Waals surface area contributed by atoms with Crippen LogP contribution >= 0.6 is 0 Å². The van der Waals surface area contributed by atoms with Gasteiger partial charge in [-0.15, -0.1) is 0 Å². The highest BCUT2D eigenvalue weighted by atomic mass is 16.5. The van der Waals surface area contributed by atoms with Crippen molar-refractivity contribution in [2.45, 2.75) is 37.8 Å². The van der Waals surface area contributed by atoms with E-state index in [0.717, 1.165) is 43.7 Å². The van der Waals surface area contributed by atoms with E-state index in [1.807, 2.05) is 24.3 Å². The molecule has 0 aromatic heterocycles. The molecule has 1 aliphatic heterocycles. The highest BCUT2D eigenvalue weighted by Crippen LogP contribution is 2.21. The fourth-order valence-corrected chi connectivity index (χ4v) is 2.21. The lowest BCUT2D eigenvalue weighted by Crippen LogP contribution is -2.30. The van der Waals surface area contributed by atoms with Gasteiger partial charge in [0.25, 0.3) is 0 Å². The van der Waals surface area contributed by atoms with Crippen LogP contribution in [0, 0.1) is 0 Å². The molecular weight excluding hydrogens is 256 g/mol. The third kappa shape index (κ3) is 3.87. The third-order valence-electron chi connectivity index (χ3n) is 3.46. The van der Waals surface area contributed by atoms with Gasteiger partial charge in [-0.05, 0) is 37.8 Å². The van der Waals surface area contributed by atoms with Gasteiger partial charge in [-0.3, -0.25) is 0 Å². The van der Waals surface area contributed by atoms with Gasteiger partial charge in [0.05, 0.1) is 6.10 Å². The van der Waals surface area contributed by atoms with E-state index in [0.29, 0.717) is 12.6 Å². The monoisotopic (exact) mass is 276 g/mol. The van der Waals surface area contributed by atoms with Crippen molar-refractivity contribution in [3.8, 4) is 5.75 Å². The number of nitrogens with one attached hydrogen (secondary N) is 2. The van der Waals surface area contributed by atoms with Crippen molar-refractivity contribution in [3.63, 3.8) is 0 Å². The predicted octanol–water partition coefficient (Wildman–Crippen LogP) is 2.53. The molecule has 20 heavy (non-hydrogen) atoms. The summed E-state index contributed by atoms with van der Waals surface area (Å²) in [6, 6.07) is 7.65. The Morgan fingerprint density at radius 2 is 2.25 bits per heavy atom. The van der Waals surface area contributed by atoms with Crippen molar-refractivity contribution in [2.24, 2.45) is 0 Å². The van der Waals surface area contributed by atoms with E-state index >= 15 is 0 Å². The summed E-state index contributed by atoms with van der Waals surface area (Å²) in [5.74, 6) is 0.754. The van der Waals surface area contributed by atoms with E-state index in [9.17, 15) is 4.79 Å². The van der Waals surface area contributed by atoms with Crippen LogP contribution in [-0.2, 0) is 4.74 Å². The fraction of sp³-hybridized carbons (Fsp3) is 0.533. The van der Waals surface area contributed by atoms with Gasteiger partial charge in [0, 0.05) is 24.4 Å². The van der Waals surface area contributed by atoms with Gasteiger partial charge in [0.2, 0.25) is 0 Å². The number of benzene rings is 1. The highest BCUT2D eigenvalue weighted by Gasteiger charge is 2.23. The standard InChI is InChI=1S/C15H20N2O3/c18-15(16-11-6-7-11)17-12-3-1-4-13(9-12)20-10-14-5-2-8-19-14/h1,3-4,9,11,14H,2,5-8,10H2,(H2,16,17,18). The fourth-order valence-electron chi connectivity index (χ4n) is 2.21. The maximum Gasteiger partial charge on any atom is 0.319 e. The molecule has 2 amide bonds. The number of urea groups is 1. The lowest BCUT2D eigenvalue weighted by atomic mass is 10.2. The molecule has 2 fully saturated rings. The van der Waals surface area contributed by atoms with E-state index in [2.05, 4.69) is 10.6 Å². The summed E-state index contributed by atoms with van der Waals surface area (Å²) >= 11 is 0. The topological polar surface area (TPSA) is 59.6 Å². The average molecular weight is 276 g/mol. The van der Waals surface area contributed by atoms with Crippen LogP contribution in [0.3, 0.4) is 0 Å². The number of hydrogen-bond acceptors (Lipinski definition) is 3. The molecule has 108 valence electrons. The van der Waals surface area contributed by atoms with E-state index in [-0.39, 0.29) is 12.1 Å². The molecule has 5 heteroatoms. The molecule has 0 radical (unpaired) electrons. The second-order valence-corrected chi connectivity index (χ2v) is 5.35. The number of hydrogen-bond donors (Lipinski definition) is 2. The zero-order valence-electron chi connectivity index (χ0n) is 11.4. The van der Waals surface area contributed by atoms with Crippen LogP contribution in [0.25, 0.3) is 0 Å². The molecule has 1 aliphatic carbocycles. The first-order valence-electron chi connectivity index (χ1n) is 7.21. The number of amides is 2. The van der Waals surface area contributed by atoms with Gasteiger partial charge >= 0.3 is 6.03 Å².